The van der Waals surface area contributed by atoms with Crippen molar-refractivity contribution < 1.29 is 4.74 Å². The van der Waals surface area contributed by atoms with Crippen molar-refractivity contribution in [2.75, 3.05) is 19.0 Å². The van der Waals surface area contributed by atoms with Gasteiger partial charge in [-0.15, -0.1) is 0 Å². The lowest BCUT2D eigenvalue weighted by molar-refractivity contribution is 0.190. The molecule has 0 aliphatic rings. The van der Waals surface area contributed by atoms with Crippen molar-refractivity contribution in [2.24, 2.45) is 0 Å². The van der Waals surface area contributed by atoms with E-state index in [0.717, 1.165) is 10.2 Å². The van der Waals surface area contributed by atoms with Gasteiger partial charge < -0.3 is 10.1 Å². The van der Waals surface area contributed by atoms with Crippen LogP contribution in [0.15, 0.2) is 22.7 Å². The molecule has 0 aromatic heterocycles. The van der Waals surface area contributed by atoms with Gasteiger partial charge in [-0.05, 0) is 25.1 Å². The van der Waals surface area contributed by atoms with E-state index >= 15 is 0 Å². The Labute approximate surface area is 98.2 Å². The first kappa shape index (κ1) is 12.0. The maximum atomic E-state index is 8.94. The topological polar surface area (TPSA) is 45.0 Å². The SMILES string of the molecule is COCC(C)Nc1ccc(Br)cc1C#N. The third-order valence-electron chi connectivity index (χ3n) is 1.92. The normalized spacial score (nSPS) is 11.9. The standard InChI is InChI=1S/C11H13BrN2O/c1-8(7-15-2)14-11-4-3-10(12)5-9(11)6-13/h3-5,8,14H,7H2,1-2H3. The predicted octanol–water partition coefficient (Wildman–Crippen LogP) is 2.77. The quantitative estimate of drug-likeness (QED) is 0.914. The highest BCUT2D eigenvalue weighted by atomic mass is 79.9. The Morgan fingerprint density at radius 1 is 1.60 bits per heavy atom. The maximum Gasteiger partial charge on any atom is 0.101 e. The van der Waals surface area contributed by atoms with Crippen LogP contribution < -0.4 is 5.32 Å². The first-order valence-electron chi connectivity index (χ1n) is 4.62. The lowest BCUT2D eigenvalue weighted by Crippen LogP contribution is -2.21. The molecule has 3 nitrogen and oxygen atoms in total. The van der Waals surface area contributed by atoms with Crippen molar-refractivity contribution in [3.05, 3.63) is 28.2 Å². The zero-order valence-electron chi connectivity index (χ0n) is 8.75. The van der Waals surface area contributed by atoms with Crippen LogP contribution in [0.3, 0.4) is 0 Å². The van der Waals surface area contributed by atoms with Gasteiger partial charge in [0.2, 0.25) is 0 Å². The number of nitriles is 1. The van der Waals surface area contributed by atoms with E-state index in [9.17, 15) is 0 Å². The van der Waals surface area contributed by atoms with Crippen LogP contribution in [0, 0.1) is 11.3 Å². The van der Waals surface area contributed by atoms with Crippen LogP contribution >= 0.6 is 15.9 Å². The van der Waals surface area contributed by atoms with E-state index in [4.69, 9.17) is 10.00 Å². The summed E-state index contributed by atoms with van der Waals surface area (Å²) >= 11 is 3.33. The summed E-state index contributed by atoms with van der Waals surface area (Å²) in [4.78, 5) is 0. The first-order valence-corrected chi connectivity index (χ1v) is 5.41. The maximum absolute atomic E-state index is 8.94. The van der Waals surface area contributed by atoms with E-state index in [0.29, 0.717) is 12.2 Å². The van der Waals surface area contributed by atoms with Crippen molar-refractivity contribution in [2.45, 2.75) is 13.0 Å². The van der Waals surface area contributed by atoms with E-state index in [1.165, 1.54) is 0 Å². The second-order valence-corrected chi connectivity index (χ2v) is 4.22. The number of benzene rings is 1. The molecule has 4 heteroatoms. The fraction of sp³-hybridized carbons (Fsp3) is 0.364. The van der Waals surface area contributed by atoms with Crippen molar-refractivity contribution in [3.8, 4) is 6.07 Å². The highest BCUT2D eigenvalue weighted by Gasteiger charge is 2.06. The molecule has 1 rings (SSSR count). The van der Waals surface area contributed by atoms with Gasteiger partial charge in [0.05, 0.1) is 17.9 Å². The molecule has 15 heavy (non-hydrogen) atoms. The fourth-order valence-corrected chi connectivity index (χ4v) is 1.65. The van der Waals surface area contributed by atoms with Gasteiger partial charge in [-0.3, -0.25) is 0 Å². The Morgan fingerprint density at radius 2 is 2.33 bits per heavy atom. The molecule has 1 N–H and O–H groups in total. The molecule has 0 aliphatic carbocycles. The summed E-state index contributed by atoms with van der Waals surface area (Å²) in [6.45, 7) is 2.62. The minimum Gasteiger partial charge on any atom is -0.383 e. The van der Waals surface area contributed by atoms with Crippen molar-refractivity contribution in [1.82, 2.24) is 0 Å². The molecule has 1 aromatic rings. The van der Waals surface area contributed by atoms with E-state index in [-0.39, 0.29) is 6.04 Å². The summed E-state index contributed by atoms with van der Waals surface area (Å²) in [5, 5.41) is 12.2. The van der Waals surface area contributed by atoms with Crippen molar-refractivity contribution in [3.63, 3.8) is 0 Å². The molecule has 1 unspecified atom stereocenters. The zero-order valence-corrected chi connectivity index (χ0v) is 10.3. The molecule has 1 atom stereocenters. The minimum absolute atomic E-state index is 0.184. The number of nitrogens with zero attached hydrogens (tertiary/aromatic N) is 1. The van der Waals surface area contributed by atoms with Crippen LogP contribution in [0.25, 0.3) is 0 Å². The molecule has 0 bridgehead atoms. The third kappa shape index (κ3) is 3.54. The number of ether oxygens (including phenoxy) is 1. The van der Waals surface area contributed by atoms with E-state index in [2.05, 4.69) is 27.3 Å². The number of nitrogens with one attached hydrogen (secondary N) is 1. The number of anilines is 1. The Kier molecular flexibility index (Phi) is 4.60. The Bertz CT molecular complexity index is 373. The molecule has 0 saturated heterocycles. The number of halogens is 1. The van der Waals surface area contributed by atoms with Crippen LogP contribution in [0.2, 0.25) is 0 Å². The fourth-order valence-electron chi connectivity index (χ4n) is 1.29. The summed E-state index contributed by atoms with van der Waals surface area (Å²) in [5.41, 5.74) is 1.47. The summed E-state index contributed by atoms with van der Waals surface area (Å²) in [7, 11) is 1.66. The lowest BCUT2D eigenvalue weighted by Gasteiger charge is -2.15. The summed E-state index contributed by atoms with van der Waals surface area (Å²) in [6.07, 6.45) is 0. The third-order valence-corrected chi connectivity index (χ3v) is 2.41. The molecule has 0 saturated carbocycles. The smallest absolute Gasteiger partial charge is 0.101 e. The Hall–Kier alpha value is -1.05. The van der Waals surface area contributed by atoms with Crippen LogP contribution in [-0.4, -0.2) is 19.8 Å². The number of hydrogen-bond donors (Lipinski definition) is 1. The van der Waals surface area contributed by atoms with Gasteiger partial charge in [0.25, 0.3) is 0 Å². The van der Waals surface area contributed by atoms with Crippen LogP contribution in [-0.2, 0) is 4.74 Å². The van der Waals surface area contributed by atoms with Crippen molar-refractivity contribution in [1.29, 1.82) is 5.26 Å². The second kappa shape index (κ2) is 5.74. The highest BCUT2D eigenvalue weighted by molar-refractivity contribution is 9.10. The molecule has 80 valence electrons. The van der Waals surface area contributed by atoms with Gasteiger partial charge in [0.1, 0.15) is 6.07 Å². The number of hydrogen-bond acceptors (Lipinski definition) is 3. The van der Waals surface area contributed by atoms with Gasteiger partial charge >= 0.3 is 0 Å². The Balaban J connectivity index is 2.81. The summed E-state index contributed by atoms with van der Waals surface area (Å²) < 4.78 is 5.92. The molecule has 1 aromatic carbocycles. The second-order valence-electron chi connectivity index (χ2n) is 3.30. The number of methoxy groups -OCH3 is 1. The van der Waals surface area contributed by atoms with E-state index in [1.54, 1.807) is 13.2 Å². The largest absolute Gasteiger partial charge is 0.383 e. The van der Waals surface area contributed by atoms with Crippen LogP contribution in [0.5, 0.6) is 0 Å². The monoisotopic (exact) mass is 268 g/mol. The van der Waals surface area contributed by atoms with E-state index in [1.807, 2.05) is 19.1 Å². The van der Waals surface area contributed by atoms with Gasteiger partial charge in [-0.25, -0.2) is 0 Å². The highest BCUT2D eigenvalue weighted by Crippen LogP contribution is 2.20. The minimum atomic E-state index is 0.184. The van der Waals surface area contributed by atoms with Crippen LogP contribution in [0.4, 0.5) is 5.69 Å². The van der Waals surface area contributed by atoms with Crippen LogP contribution in [0.1, 0.15) is 12.5 Å². The van der Waals surface area contributed by atoms with Crippen molar-refractivity contribution >= 4 is 21.6 Å². The predicted molar refractivity (Wildman–Crippen MR) is 63.8 cm³/mol. The van der Waals surface area contributed by atoms with Gasteiger partial charge in [0.15, 0.2) is 0 Å². The average molecular weight is 269 g/mol. The zero-order chi connectivity index (χ0) is 11.3. The Morgan fingerprint density at radius 3 is 2.93 bits per heavy atom. The van der Waals surface area contributed by atoms with E-state index < -0.39 is 0 Å². The molecule has 0 spiro atoms. The molecular weight excluding hydrogens is 256 g/mol. The molecule has 0 fully saturated rings. The average Bonchev–Trinajstić information content (AvgIpc) is 2.21. The van der Waals surface area contributed by atoms with Gasteiger partial charge in [-0.1, -0.05) is 15.9 Å². The number of rotatable bonds is 4. The van der Waals surface area contributed by atoms with Gasteiger partial charge in [0, 0.05) is 17.6 Å². The molecule has 0 radical (unpaired) electrons. The first-order chi connectivity index (χ1) is 7.17. The molecule has 0 amide bonds. The molecule has 0 aliphatic heterocycles. The lowest BCUT2D eigenvalue weighted by atomic mass is 10.2. The summed E-state index contributed by atoms with van der Waals surface area (Å²) in [5.74, 6) is 0. The van der Waals surface area contributed by atoms with Gasteiger partial charge in [-0.2, -0.15) is 5.26 Å². The molecule has 0 heterocycles. The molecular formula is C11H13BrN2O. The summed E-state index contributed by atoms with van der Waals surface area (Å²) in [6, 6.07) is 7.92.